The molecule has 0 radical (unpaired) electrons. The summed E-state index contributed by atoms with van der Waals surface area (Å²) in [5.41, 5.74) is 2.12. The van der Waals surface area contributed by atoms with Crippen LogP contribution in [0.3, 0.4) is 0 Å². The van der Waals surface area contributed by atoms with Gasteiger partial charge in [0, 0.05) is 17.8 Å². The molecular weight excluding hydrogens is 342 g/mol. The number of hydrogen-bond donors (Lipinski definition) is 3. The molecule has 0 aliphatic heterocycles. The van der Waals surface area contributed by atoms with E-state index < -0.39 is 12.1 Å². The third-order valence-electron chi connectivity index (χ3n) is 4.09. The first-order chi connectivity index (χ1) is 12.9. The van der Waals surface area contributed by atoms with Gasteiger partial charge in [-0.15, -0.1) is 0 Å². The monoisotopic (exact) mass is 367 g/mol. The van der Waals surface area contributed by atoms with Crippen molar-refractivity contribution >= 4 is 23.4 Å². The van der Waals surface area contributed by atoms with Crippen molar-refractivity contribution in [3.8, 4) is 0 Å². The molecule has 1 atom stereocenters. The highest BCUT2D eigenvalue weighted by molar-refractivity contribution is 5.98. The largest absolute Gasteiger partial charge is 0.334 e. The van der Waals surface area contributed by atoms with Crippen molar-refractivity contribution in [3.05, 3.63) is 65.7 Å². The first kappa shape index (κ1) is 20.2. The van der Waals surface area contributed by atoms with Crippen LogP contribution >= 0.6 is 0 Å². The zero-order chi connectivity index (χ0) is 19.8. The van der Waals surface area contributed by atoms with Crippen molar-refractivity contribution in [2.75, 3.05) is 5.32 Å². The van der Waals surface area contributed by atoms with Crippen LogP contribution in [0.25, 0.3) is 0 Å². The Balaban J connectivity index is 1.93. The standard InChI is InChI=1S/C21H25N3O3/c1-14(2)19(24-21(27)22-13-16-7-5-4-6-8-16)20(26)23-18-11-9-17(10-12-18)15(3)25/h4-12,14,19H,13H2,1-3H3,(H,23,26)(H2,22,24,27)/t19-/m1/s1. The summed E-state index contributed by atoms with van der Waals surface area (Å²) < 4.78 is 0. The fourth-order valence-electron chi connectivity index (χ4n) is 2.51. The number of anilines is 1. The van der Waals surface area contributed by atoms with Gasteiger partial charge < -0.3 is 16.0 Å². The molecular formula is C21H25N3O3. The molecule has 0 fully saturated rings. The van der Waals surface area contributed by atoms with Gasteiger partial charge in [-0.05, 0) is 42.7 Å². The minimum Gasteiger partial charge on any atom is -0.334 e. The molecule has 0 aromatic heterocycles. The van der Waals surface area contributed by atoms with E-state index in [2.05, 4.69) is 16.0 Å². The van der Waals surface area contributed by atoms with Crippen LogP contribution in [0.4, 0.5) is 10.5 Å². The van der Waals surface area contributed by atoms with Gasteiger partial charge in [0.1, 0.15) is 6.04 Å². The Bertz CT molecular complexity index is 786. The molecule has 0 saturated heterocycles. The molecule has 0 aliphatic carbocycles. The number of hydrogen-bond acceptors (Lipinski definition) is 3. The Morgan fingerprint density at radius 3 is 2.11 bits per heavy atom. The van der Waals surface area contributed by atoms with Gasteiger partial charge in [-0.25, -0.2) is 4.79 Å². The Kier molecular flexibility index (Phi) is 7.11. The zero-order valence-corrected chi connectivity index (χ0v) is 15.8. The number of rotatable bonds is 7. The lowest BCUT2D eigenvalue weighted by atomic mass is 10.0. The molecule has 2 aromatic carbocycles. The number of benzene rings is 2. The lowest BCUT2D eigenvalue weighted by Crippen LogP contribution is -2.50. The Morgan fingerprint density at radius 2 is 1.56 bits per heavy atom. The summed E-state index contributed by atoms with van der Waals surface area (Å²) >= 11 is 0. The summed E-state index contributed by atoms with van der Waals surface area (Å²) in [5, 5.41) is 8.25. The molecule has 6 heteroatoms. The first-order valence-electron chi connectivity index (χ1n) is 8.87. The van der Waals surface area contributed by atoms with Crippen LogP contribution in [0.2, 0.25) is 0 Å². The van der Waals surface area contributed by atoms with Gasteiger partial charge in [0.2, 0.25) is 5.91 Å². The van der Waals surface area contributed by atoms with E-state index in [1.54, 1.807) is 24.3 Å². The van der Waals surface area contributed by atoms with E-state index in [4.69, 9.17) is 0 Å². The van der Waals surface area contributed by atoms with Crippen molar-refractivity contribution in [3.63, 3.8) is 0 Å². The van der Waals surface area contributed by atoms with Crippen LogP contribution < -0.4 is 16.0 Å². The first-order valence-corrected chi connectivity index (χ1v) is 8.87. The molecule has 0 spiro atoms. The van der Waals surface area contributed by atoms with E-state index in [-0.39, 0.29) is 17.6 Å². The average molecular weight is 367 g/mol. The maximum Gasteiger partial charge on any atom is 0.315 e. The lowest BCUT2D eigenvalue weighted by molar-refractivity contribution is -0.118. The highest BCUT2D eigenvalue weighted by Gasteiger charge is 2.24. The van der Waals surface area contributed by atoms with Gasteiger partial charge in [0.25, 0.3) is 0 Å². The van der Waals surface area contributed by atoms with Gasteiger partial charge in [0.05, 0.1) is 0 Å². The van der Waals surface area contributed by atoms with Crippen LogP contribution in [-0.4, -0.2) is 23.8 Å². The Morgan fingerprint density at radius 1 is 0.926 bits per heavy atom. The summed E-state index contributed by atoms with van der Waals surface area (Å²) in [5.74, 6) is -0.441. The van der Waals surface area contributed by atoms with E-state index in [9.17, 15) is 14.4 Å². The summed E-state index contributed by atoms with van der Waals surface area (Å²) in [4.78, 5) is 36.1. The van der Waals surface area contributed by atoms with Crippen LogP contribution in [0.1, 0.15) is 36.7 Å². The van der Waals surface area contributed by atoms with Crippen LogP contribution in [-0.2, 0) is 11.3 Å². The minimum absolute atomic E-state index is 0.0373. The van der Waals surface area contributed by atoms with Gasteiger partial charge >= 0.3 is 6.03 Å². The van der Waals surface area contributed by atoms with Crippen LogP contribution in [0.15, 0.2) is 54.6 Å². The molecule has 2 aromatic rings. The summed E-state index contributed by atoms with van der Waals surface area (Å²) in [6.07, 6.45) is 0. The maximum absolute atomic E-state index is 12.6. The quantitative estimate of drug-likeness (QED) is 0.656. The van der Waals surface area contributed by atoms with Crippen molar-refractivity contribution in [1.82, 2.24) is 10.6 Å². The number of Topliss-reactive ketones (excluding diaryl/α,β-unsaturated/α-hetero) is 1. The predicted octanol–water partition coefficient (Wildman–Crippen LogP) is 3.35. The number of ketones is 1. The second-order valence-corrected chi connectivity index (χ2v) is 6.66. The molecule has 6 nitrogen and oxygen atoms in total. The minimum atomic E-state index is -0.687. The van der Waals surface area contributed by atoms with Crippen molar-refractivity contribution in [1.29, 1.82) is 0 Å². The van der Waals surface area contributed by atoms with E-state index in [1.165, 1.54) is 6.92 Å². The number of amides is 3. The molecule has 142 valence electrons. The summed E-state index contributed by atoms with van der Waals surface area (Å²) in [6, 6.07) is 15.1. The number of carbonyl (C=O) groups excluding carboxylic acids is 3. The van der Waals surface area contributed by atoms with E-state index in [0.717, 1.165) is 5.56 Å². The van der Waals surface area contributed by atoms with Crippen molar-refractivity contribution < 1.29 is 14.4 Å². The van der Waals surface area contributed by atoms with Gasteiger partial charge in [-0.2, -0.15) is 0 Å². The summed E-state index contributed by atoms with van der Waals surface area (Å²) in [6.45, 7) is 5.59. The third kappa shape index (κ3) is 6.26. The highest BCUT2D eigenvalue weighted by Crippen LogP contribution is 2.12. The molecule has 0 saturated carbocycles. The Labute approximate surface area is 159 Å². The molecule has 0 bridgehead atoms. The van der Waals surface area contributed by atoms with Crippen molar-refractivity contribution in [2.24, 2.45) is 5.92 Å². The highest BCUT2D eigenvalue weighted by atomic mass is 16.2. The van der Waals surface area contributed by atoms with Gasteiger partial charge in [-0.3, -0.25) is 9.59 Å². The fraction of sp³-hybridized carbons (Fsp3) is 0.286. The smallest absolute Gasteiger partial charge is 0.315 e. The van der Waals surface area contributed by atoms with E-state index in [1.807, 2.05) is 44.2 Å². The maximum atomic E-state index is 12.6. The molecule has 0 aliphatic rings. The molecule has 0 unspecified atom stereocenters. The van der Waals surface area contributed by atoms with Crippen LogP contribution in [0.5, 0.6) is 0 Å². The second-order valence-electron chi connectivity index (χ2n) is 6.66. The molecule has 3 N–H and O–H groups in total. The van der Waals surface area contributed by atoms with Crippen LogP contribution in [0, 0.1) is 5.92 Å². The molecule has 27 heavy (non-hydrogen) atoms. The second kappa shape index (κ2) is 9.52. The van der Waals surface area contributed by atoms with Gasteiger partial charge in [0.15, 0.2) is 5.78 Å². The fourth-order valence-corrected chi connectivity index (χ4v) is 2.51. The summed E-state index contributed by atoms with van der Waals surface area (Å²) in [7, 11) is 0. The zero-order valence-electron chi connectivity index (χ0n) is 15.8. The molecule has 2 rings (SSSR count). The number of nitrogens with one attached hydrogen (secondary N) is 3. The third-order valence-corrected chi connectivity index (χ3v) is 4.09. The molecule has 3 amide bonds. The number of carbonyl (C=O) groups is 3. The van der Waals surface area contributed by atoms with E-state index >= 15 is 0 Å². The average Bonchev–Trinajstić information content (AvgIpc) is 2.65. The number of urea groups is 1. The van der Waals surface area contributed by atoms with Crippen molar-refractivity contribution in [2.45, 2.75) is 33.4 Å². The lowest BCUT2D eigenvalue weighted by Gasteiger charge is -2.22. The predicted molar refractivity (Wildman–Crippen MR) is 106 cm³/mol. The molecule has 0 heterocycles. The van der Waals surface area contributed by atoms with Gasteiger partial charge in [-0.1, -0.05) is 44.2 Å². The normalized spacial score (nSPS) is 11.6. The Hall–Kier alpha value is -3.15. The SMILES string of the molecule is CC(=O)c1ccc(NC(=O)[C@H](NC(=O)NCc2ccccc2)C(C)C)cc1. The van der Waals surface area contributed by atoms with E-state index in [0.29, 0.717) is 17.8 Å². The topological polar surface area (TPSA) is 87.3 Å².